The predicted octanol–water partition coefficient (Wildman–Crippen LogP) is 0.573. The Bertz CT molecular complexity index is 1070. The van der Waals surface area contributed by atoms with E-state index in [0.717, 1.165) is 0 Å². The standard InChI is InChI=1S/C28H40N2O10/c1-14(2)16(5)25(35)29-27(37)23(34)21(32)22(33)24(28(38)30-26(36)17(6)15(3)4)40-19-11-8-18(9-12-19)10-13-20(31)39-7/h8-17,21-24,32-34H,1-7H3,(H,29,35,37)(H,30,36,38)/b13-10+/t16-,17-,21+,22+,23+,24+/m0/s1. The van der Waals surface area contributed by atoms with E-state index < -0.39 is 65.8 Å². The zero-order valence-electron chi connectivity index (χ0n) is 23.8. The molecule has 1 aromatic rings. The highest BCUT2D eigenvalue weighted by molar-refractivity contribution is 5.99. The average Bonchev–Trinajstić information content (AvgIpc) is 2.92. The van der Waals surface area contributed by atoms with E-state index in [0.29, 0.717) is 5.56 Å². The number of imide groups is 2. The van der Waals surface area contributed by atoms with E-state index in [1.165, 1.54) is 43.5 Å². The van der Waals surface area contributed by atoms with Crippen molar-refractivity contribution in [3.63, 3.8) is 0 Å². The first-order valence-electron chi connectivity index (χ1n) is 12.9. The molecule has 0 radical (unpaired) electrons. The first kappa shape index (κ1) is 34.4. The maximum Gasteiger partial charge on any atom is 0.330 e. The van der Waals surface area contributed by atoms with Crippen LogP contribution in [0.5, 0.6) is 5.75 Å². The van der Waals surface area contributed by atoms with Crippen LogP contribution in [-0.4, -0.2) is 76.4 Å². The Hall–Kier alpha value is -3.61. The quantitative estimate of drug-likeness (QED) is 0.167. The fourth-order valence-corrected chi connectivity index (χ4v) is 3.06. The molecule has 0 aliphatic heterocycles. The van der Waals surface area contributed by atoms with Gasteiger partial charge in [0.25, 0.3) is 11.8 Å². The number of amides is 4. The summed E-state index contributed by atoms with van der Waals surface area (Å²) in [7, 11) is 1.23. The van der Waals surface area contributed by atoms with Gasteiger partial charge in [-0.15, -0.1) is 0 Å². The SMILES string of the molecule is COC(=O)/C=C/c1ccc(O[C@@H](C(=O)NC(=O)[C@@H](C)C(C)C)[C@H](O)[C@@H](O)[C@@H](O)C(=O)NC(=O)[C@@H](C)C(C)C)cc1. The molecule has 12 nitrogen and oxygen atoms in total. The predicted molar refractivity (Wildman–Crippen MR) is 144 cm³/mol. The van der Waals surface area contributed by atoms with Crippen LogP contribution in [0, 0.1) is 23.7 Å². The number of esters is 1. The van der Waals surface area contributed by atoms with Crippen LogP contribution in [0.15, 0.2) is 30.3 Å². The van der Waals surface area contributed by atoms with Crippen LogP contribution in [0.1, 0.15) is 47.1 Å². The Morgan fingerprint density at radius 2 is 1.20 bits per heavy atom. The lowest BCUT2D eigenvalue weighted by molar-refractivity contribution is -0.156. The van der Waals surface area contributed by atoms with Crippen molar-refractivity contribution in [3.8, 4) is 5.75 Å². The molecule has 1 aromatic carbocycles. The number of rotatable bonds is 13. The summed E-state index contributed by atoms with van der Waals surface area (Å²) in [6.07, 6.45) is -6.11. The van der Waals surface area contributed by atoms with Gasteiger partial charge in [-0.1, -0.05) is 53.7 Å². The largest absolute Gasteiger partial charge is 0.478 e. The molecule has 0 saturated heterocycles. The Morgan fingerprint density at radius 3 is 1.65 bits per heavy atom. The second kappa shape index (κ2) is 15.8. The zero-order chi connectivity index (χ0) is 30.7. The Morgan fingerprint density at radius 1 is 0.725 bits per heavy atom. The summed E-state index contributed by atoms with van der Waals surface area (Å²) in [5.74, 6) is -5.73. The molecule has 222 valence electrons. The summed E-state index contributed by atoms with van der Waals surface area (Å²) in [5, 5.41) is 35.8. The van der Waals surface area contributed by atoms with Crippen LogP contribution in [0.25, 0.3) is 6.08 Å². The minimum Gasteiger partial charge on any atom is -0.478 e. The third kappa shape index (κ3) is 10.2. The van der Waals surface area contributed by atoms with Gasteiger partial charge in [0.2, 0.25) is 17.9 Å². The summed E-state index contributed by atoms with van der Waals surface area (Å²) < 4.78 is 10.1. The van der Waals surface area contributed by atoms with Crippen LogP contribution in [0.3, 0.4) is 0 Å². The summed E-state index contributed by atoms with van der Waals surface area (Å²) in [6.45, 7) is 10.2. The summed E-state index contributed by atoms with van der Waals surface area (Å²) >= 11 is 0. The molecule has 0 spiro atoms. The van der Waals surface area contributed by atoms with E-state index in [1.807, 2.05) is 5.32 Å². The molecule has 0 saturated carbocycles. The zero-order valence-corrected chi connectivity index (χ0v) is 23.8. The average molecular weight is 565 g/mol. The van der Waals surface area contributed by atoms with Crippen molar-refractivity contribution < 1.29 is 48.8 Å². The van der Waals surface area contributed by atoms with E-state index in [-0.39, 0.29) is 17.6 Å². The summed E-state index contributed by atoms with van der Waals surface area (Å²) in [6, 6.07) is 5.82. The van der Waals surface area contributed by atoms with Gasteiger partial charge in [0.05, 0.1) is 7.11 Å². The van der Waals surface area contributed by atoms with Crippen molar-refractivity contribution in [2.45, 2.75) is 66.0 Å². The van der Waals surface area contributed by atoms with Gasteiger partial charge in [-0.25, -0.2) is 4.79 Å². The lowest BCUT2D eigenvalue weighted by atomic mass is 9.96. The fraction of sp³-hybridized carbons (Fsp3) is 0.536. The third-order valence-electron chi connectivity index (χ3n) is 6.59. The van der Waals surface area contributed by atoms with Gasteiger partial charge in [-0.3, -0.25) is 29.8 Å². The molecular weight excluding hydrogens is 524 g/mol. The maximum atomic E-state index is 13.0. The third-order valence-corrected chi connectivity index (χ3v) is 6.59. The smallest absolute Gasteiger partial charge is 0.330 e. The first-order chi connectivity index (χ1) is 18.6. The number of hydrogen-bond acceptors (Lipinski definition) is 10. The Labute approximate surface area is 233 Å². The first-order valence-corrected chi connectivity index (χ1v) is 12.9. The highest BCUT2D eigenvalue weighted by atomic mass is 16.5. The molecule has 12 heteroatoms. The number of nitrogens with one attached hydrogen (secondary N) is 2. The van der Waals surface area contributed by atoms with Crippen molar-refractivity contribution >= 4 is 35.7 Å². The van der Waals surface area contributed by atoms with Crippen LogP contribution >= 0.6 is 0 Å². The van der Waals surface area contributed by atoms with E-state index >= 15 is 0 Å². The highest BCUT2D eigenvalue weighted by Gasteiger charge is 2.41. The molecule has 0 heterocycles. The minimum atomic E-state index is -2.31. The molecule has 0 aliphatic rings. The molecule has 0 fully saturated rings. The summed E-state index contributed by atoms with van der Waals surface area (Å²) in [4.78, 5) is 61.4. The highest BCUT2D eigenvalue weighted by Crippen LogP contribution is 2.19. The molecule has 6 atom stereocenters. The normalized spacial score (nSPS) is 16.0. The van der Waals surface area contributed by atoms with Crippen molar-refractivity contribution in [3.05, 3.63) is 35.9 Å². The number of aliphatic hydroxyl groups excluding tert-OH is 3. The number of carbonyl (C=O) groups excluding carboxylic acids is 5. The van der Waals surface area contributed by atoms with E-state index in [1.54, 1.807) is 41.5 Å². The van der Waals surface area contributed by atoms with Gasteiger partial charge in [-0.05, 0) is 35.6 Å². The van der Waals surface area contributed by atoms with Gasteiger partial charge in [0.1, 0.15) is 18.0 Å². The second-order valence-corrected chi connectivity index (χ2v) is 10.2. The number of carbonyl (C=O) groups is 5. The monoisotopic (exact) mass is 564 g/mol. The topological polar surface area (TPSA) is 189 Å². The van der Waals surface area contributed by atoms with Gasteiger partial charge in [-0.2, -0.15) is 0 Å². The van der Waals surface area contributed by atoms with Gasteiger partial charge in [0.15, 0.2) is 6.10 Å². The van der Waals surface area contributed by atoms with E-state index in [9.17, 15) is 39.3 Å². The number of hydrogen-bond donors (Lipinski definition) is 5. The molecule has 5 N–H and O–H groups in total. The molecule has 0 unspecified atom stereocenters. The van der Waals surface area contributed by atoms with Gasteiger partial charge in [0, 0.05) is 17.9 Å². The van der Waals surface area contributed by atoms with E-state index in [2.05, 4.69) is 10.1 Å². The second-order valence-electron chi connectivity index (χ2n) is 10.2. The number of ether oxygens (including phenoxy) is 2. The van der Waals surface area contributed by atoms with Crippen LogP contribution in [0.4, 0.5) is 0 Å². The van der Waals surface area contributed by atoms with Gasteiger partial charge < -0.3 is 24.8 Å². The van der Waals surface area contributed by atoms with E-state index in [4.69, 9.17) is 4.74 Å². The molecular formula is C28H40N2O10. The maximum absolute atomic E-state index is 13.0. The Balaban J connectivity index is 3.18. The van der Waals surface area contributed by atoms with Crippen molar-refractivity contribution in [2.75, 3.05) is 7.11 Å². The molecule has 4 amide bonds. The minimum absolute atomic E-state index is 0.0193. The van der Waals surface area contributed by atoms with Crippen molar-refractivity contribution in [1.82, 2.24) is 10.6 Å². The van der Waals surface area contributed by atoms with Crippen molar-refractivity contribution in [1.29, 1.82) is 0 Å². The molecule has 1 rings (SSSR count). The number of benzene rings is 1. The fourth-order valence-electron chi connectivity index (χ4n) is 3.06. The lowest BCUT2D eigenvalue weighted by Crippen LogP contribution is -2.58. The number of aliphatic hydroxyl groups is 3. The van der Waals surface area contributed by atoms with Gasteiger partial charge >= 0.3 is 5.97 Å². The van der Waals surface area contributed by atoms with Crippen LogP contribution in [0.2, 0.25) is 0 Å². The molecule has 0 bridgehead atoms. The lowest BCUT2D eigenvalue weighted by Gasteiger charge is -2.29. The van der Waals surface area contributed by atoms with Crippen molar-refractivity contribution in [2.24, 2.45) is 23.7 Å². The number of methoxy groups -OCH3 is 1. The molecule has 0 aliphatic carbocycles. The Kier molecular flexibility index (Phi) is 13.6. The molecule has 40 heavy (non-hydrogen) atoms. The van der Waals surface area contributed by atoms with Crippen LogP contribution < -0.4 is 15.4 Å². The van der Waals surface area contributed by atoms with Crippen LogP contribution in [-0.2, 0) is 28.7 Å². The summed E-state index contributed by atoms with van der Waals surface area (Å²) in [5.41, 5.74) is 0.563. The molecule has 0 aromatic heterocycles.